The van der Waals surface area contributed by atoms with E-state index in [1.165, 1.54) is 0 Å². The highest BCUT2D eigenvalue weighted by Crippen LogP contribution is 2.06. The van der Waals surface area contributed by atoms with Crippen molar-refractivity contribution in [3.8, 4) is 0 Å². The first-order chi connectivity index (χ1) is 13.2. The summed E-state index contributed by atoms with van der Waals surface area (Å²) in [4.78, 5) is 9.75. The van der Waals surface area contributed by atoms with Gasteiger partial charge in [0.1, 0.15) is 6.54 Å². The van der Waals surface area contributed by atoms with Gasteiger partial charge in [0.2, 0.25) is 0 Å². The molecular weight excluding hydrogens is 340 g/mol. The summed E-state index contributed by atoms with van der Waals surface area (Å²) in [7, 11) is 0. The lowest BCUT2D eigenvalue weighted by molar-refractivity contribution is 0.107. The lowest BCUT2D eigenvalue weighted by Gasteiger charge is -2.37. The molecule has 8 nitrogen and oxygen atoms in total. The number of aromatic nitrogens is 3. The maximum Gasteiger partial charge on any atom is 0.191 e. The summed E-state index contributed by atoms with van der Waals surface area (Å²) in [5, 5.41) is 15.2. The van der Waals surface area contributed by atoms with Crippen LogP contribution in [-0.2, 0) is 6.54 Å². The van der Waals surface area contributed by atoms with Gasteiger partial charge in [-0.2, -0.15) is 0 Å². The van der Waals surface area contributed by atoms with Gasteiger partial charge in [-0.25, -0.2) is 4.99 Å². The lowest BCUT2D eigenvalue weighted by atomic mass is 10.2. The summed E-state index contributed by atoms with van der Waals surface area (Å²) in [5.41, 5.74) is 0.848. The van der Waals surface area contributed by atoms with Gasteiger partial charge in [-0.3, -0.25) is 9.30 Å². The van der Waals surface area contributed by atoms with Crippen molar-refractivity contribution in [2.24, 2.45) is 4.99 Å². The lowest BCUT2D eigenvalue weighted by Crippen LogP contribution is -2.53. The van der Waals surface area contributed by atoms with Gasteiger partial charge in [-0.1, -0.05) is 13.0 Å². The van der Waals surface area contributed by atoms with Crippen LogP contribution >= 0.6 is 0 Å². The van der Waals surface area contributed by atoms with Crippen molar-refractivity contribution < 1.29 is 0 Å². The standard InChI is InChI=1S/C19H32N8/c1-4-20-19(21-14-16(3)26-12-10-25(5-2)11-13-26)22-15-18-24-23-17-8-6-7-9-27(17)18/h6-9,16H,4-5,10-15H2,1-3H3,(H2,20,21,22). The number of hydrogen-bond donors (Lipinski definition) is 2. The Hall–Kier alpha value is -2.19. The van der Waals surface area contributed by atoms with Crippen molar-refractivity contribution in [2.75, 3.05) is 45.8 Å². The van der Waals surface area contributed by atoms with Crippen LogP contribution in [0.1, 0.15) is 26.6 Å². The smallest absolute Gasteiger partial charge is 0.191 e. The summed E-state index contributed by atoms with van der Waals surface area (Å²) in [5.74, 6) is 1.66. The number of pyridine rings is 1. The van der Waals surface area contributed by atoms with Crippen molar-refractivity contribution in [3.63, 3.8) is 0 Å². The van der Waals surface area contributed by atoms with E-state index in [1.807, 2.05) is 28.8 Å². The largest absolute Gasteiger partial charge is 0.357 e. The minimum atomic E-state index is 0.474. The van der Waals surface area contributed by atoms with Gasteiger partial charge in [0.25, 0.3) is 0 Å². The van der Waals surface area contributed by atoms with Crippen molar-refractivity contribution in [3.05, 3.63) is 30.2 Å². The van der Waals surface area contributed by atoms with Gasteiger partial charge < -0.3 is 15.5 Å². The molecule has 3 rings (SSSR count). The first kappa shape index (κ1) is 19.6. The van der Waals surface area contributed by atoms with E-state index >= 15 is 0 Å². The minimum Gasteiger partial charge on any atom is -0.357 e. The van der Waals surface area contributed by atoms with E-state index in [0.717, 1.165) is 63.2 Å². The molecule has 0 bridgehead atoms. The van der Waals surface area contributed by atoms with Crippen LogP contribution in [0, 0.1) is 0 Å². The maximum atomic E-state index is 4.69. The normalized spacial score (nSPS) is 18.0. The molecule has 2 aromatic rings. The average molecular weight is 373 g/mol. The van der Waals surface area contributed by atoms with Gasteiger partial charge in [-0.15, -0.1) is 10.2 Å². The van der Waals surface area contributed by atoms with E-state index in [-0.39, 0.29) is 0 Å². The quantitative estimate of drug-likeness (QED) is 0.554. The molecule has 27 heavy (non-hydrogen) atoms. The number of nitrogens with one attached hydrogen (secondary N) is 2. The van der Waals surface area contributed by atoms with Crippen molar-refractivity contribution >= 4 is 11.6 Å². The molecule has 0 aromatic carbocycles. The van der Waals surface area contributed by atoms with Crippen molar-refractivity contribution in [1.29, 1.82) is 0 Å². The van der Waals surface area contributed by atoms with Crippen LogP contribution in [0.4, 0.5) is 0 Å². The molecule has 0 radical (unpaired) electrons. The molecule has 0 saturated carbocycles. The number of fused-ring (bicyclic) bond motifs is 1. The van der Waals surface area contributed by atoms with Gasteiger partial charge in [0.15, 0.2) is 17.4 Å². The third-order valence-electron chi connectivity index (χ3n) is 5.15. The molecule has 0 spiro atoms. The van der Waals surface area contributed by atoms with E-state index in [9.17, 15) is 0 Å². The highest BCUT2D eigenvalue weighted by Gasteiger charge is 2.20. The molecule has 2 N–H and O–H groups in total. The third-order valence-corrected chi connectivity index (χ3v) is 5.15. The summed E-state index contributed by atoms with van der Waals surface area (Å²) in [6.07, 6.45) is 1.97. The zero-order chi connectivity index (χ0) is 19.1. The Bertz CT molecular complexity index is 732. The van der Waals surface area contributed by atoms with Crippen LogP contribution in [0.3, 0.4) is 0 Å². The highest BCUT2D eigenvalue weighted by atomic mass is 15.3. The van der Waals surface area contributed by atoms with Gasteiger partial charge in [-0.05, 0) is 32.5 Å². The van der Waals surface area contributed by atoms with Crippen LogP contribution < -0.4 is 10.6 Å². The van der Waals surface area contributed by atoms with Crippen LogP contribution in [0.5, 0.6) is 0 Å². The maximum absolute atomic E-state index is 4.69. The van der Waals surface area contributed by atoms with Crippen molar-refractivity contribution in [1.82, 2.24) is 35.0 Å². The summed E-state index contributed by atoms with van der Waals surface area (Å²) in [6, 6.07) is 6.36. The Kier molecular flexibility index (Phi) is 7.00. The van der Waals surface area contributed by atoms with Gasteiger partial charge in [0, 0.05) is 51.5 Å². The zero-order valence-electron chi connectivity index (χ0n) is 16.7. The fourth-order valence-electron chi connectivity index (χ4n) is 3.38. The Morgan fingerprint density at radius 1 is 1.15 bits per heavy atom. The average Bonchev–Trinajstić information content (AvgIpc) is 3.13. The second-order valence-electron chi connectivity index (χ2n) is 6.94. The van der Waals surface area contributed by atoms with Crippen LogP contribution in [0.25, 0.3) is 5.65 Å². The molecule has 1 aliphatic rings. The topological polar surface area (TPSA) is 73.1 Å². The molecule has 0 aliphatic carbocycles. The number of likely N-dealkylation sites (N-methyl/N-ethyl adjacent to an activating group) is 1. The number of piperazine rings is 1. The van der Waals surface area contributed by atoms with Crippen LogP contribution in [0.2, 0.25) is 0 Å². The van der Waals surface area contributed by atoms with Gasteiger partial charge >= 0.3 is 0 Å². The summed E-state index contributed by atoms with van der Waals surface area (Å²) >= 11 is 0. The molecule has 148 valence electrons. The second-order valence-corrected chi connectivity index (χ2v) is 6.94. The van der Waals surface area contributed by atoms with Crippen LogP contribution in [0.15, 0.2) is 29.4 Å². The summed E-state index contributed by atoms with van der Waals surface area (Å²) < 4.78 is 1.98. The second kappa shape index (κ2) is 9.66. The fraction of sp³-hybridized carbons (Fsp3) is 0.632. The van der Waals surface area contributed by atoms with E-state index in [4.69, 9.17) is 4.99 Å². The first-order valence-corrected chi connectivity index (χ1v) is 9.98. The Morgan fingerprint density at radius 3 is 2.70 bits per heavy atom. The first-order valence-electron chi connectivity index (χ1n) is 9.98. The molecular formula is C19H32N8. The number of aliphatic imine (C=N–C) groups is 1. The van der Waals surface area contributed by atoms with E-state index in [2.05, 4.69) is 51.4 Å². The predicted octanol–water partition coefficient (Wildman–Crippen LogP) is 0.810. The SMILES string of the molecule is CCNC(=NCc1nnc2ccccn12)NCC(C)N1CCN(CC)CC1. The number of guanidine groups is 1. The monoisotopic (exact) mass is 372 g/mol. The molecule has 1 unspecified atom stereocenters. The fourth-order valence-corrected chi connectivity index (χ4v) is 3.38. The van der Waals surface area contributed by atoms with E-state index < -0.39 is 0 Å². The zero-order valence-corrected chi connectivity index (χ0v) is 16.7. The number of hydrogen-bond acceptors (Lipinski definition) is 5. The molecule has 1 saturated heterocycles. The highest BCUT2D eigenvalue weighted by molar-refractivity contribution is 5.79. The molecule has 3 heterocycles. The Morgan fingerprint density at radius 2 is 1.96 bits per heavy atom. The van der Waals surface area contributed by atoms with E-state index in [0.29, 0.717) is 12.6 Å². The number of nitrogens with zero attached hydrogens (tertiary/aromatic N) is 6. The van der Waals surface area contributed by atoms with E-state index in [1.54, 1.807) is 0 Å². The molecule has 2 aromatic heterocycles. The molecule has 0 amide bonds. The molecule has 1 atom stereocenters. The molecule has 1 fully saturated rings. The Balaban J connectivity index is 1.54. The van der Waals surface area contributed by atoms with Crippen LogP contribution in [-0.4, -0.2) is 82.2 Å². The third kappa shape index (κ3) is 5.17. The van der Waals surface area contributed by atoms with Crippen molar-refractivity contribution in [2.45, 2.75) is 33.4 Å². The van der Waals surface area contributed by atoms with Gasteiger partial charge in [0.05, 0.1) is 0 Å². The Labute approximate surface area is 161 Å². The molecule has 1 aliphatic heterocycles. The molecule has 8 heteroatoms. The number of rotatable bonds is 7. The minimum absolute atomic E-state index is 0.474. The summed E-state index contributed by atoms with van der Waals surface area (Å²) in [6.45, 7) is 14.5. The predicted molar refractivity (Wildman–Crippen MR) is 109 cm³/mol.